The summed E-state index contributed by atoms with van der Waals surface area (Å²) in [5.41, 5.74) is -0.732. The van der Waals surface area contributed by atoms with Crippen molar-refractivity contribution in [3.8, 4) is 0 Å². The zero-order valence-electron chi connectivity index (χ0n) is 9.39. The lowest BCUT2D eigenvalue weighted by molar-refractivity contribution is -0.132. The molecule has 0 saturated heterocycles. The van der Waals surface area contributed by atoms with Crippen LogP contribution >= 0.6 is 0 Å². The molecule has 0 bridgehead atoms. The van der Waals surface area contributed by atoms with E-state index < -0.39 is 11.4 Å². The molecule has 0 radical (unpaired) electrons. The van der Waals surface area contributed by atoms with Crippen LogP contribution in [0.4, 0.5) is 0 Å². The molecule has 5 N–H and O–H groups in total. The maximum atomic E-state index is 9.60. The molecule has 96 valence electrons. The average molecular weight is 236 g/mol. The van der Waals surface area contributed by atoms with Crippen LogP contribution in [0, 0.1) is 5.41 Å². The van der Waals surface area contributed by atoms with E-state index in [-0.39, 0.29) is 38.4 Å². The Morgan fingerprint density at radius 1 is 1.12 bits per heavy atom. The molecule has 0 spiro atoms. The molecular weight excluding hydrogens is 216 g/mol. The second kappa shape index (κ2) is 9.29. The second-order valence-corrected chi connectivity index (χ2v) is 3.53. The van der Waals surface area contributed by atoms with E-state index in [1.165, 1.54) is 6.92 Å². The van der Waals surface area contributed by atoms with E-state index in [9.17, 15) is 4.79 Å². The molecule has 0 aliphatic rings. The Labute approximate surface area is 94.5 Å². The quantitative estimate of drug-likeness (QED) is 0.377. The molecule has 0 aromatic rings. The van der Waals surface area contributed by atoms with Crippen LogP contribution in [0.25, 0.3) is 0 Å². The summed E-state index contributed by atoms with van der Waals surface area (Å²) in [6.07, 6.45) is 0.219. The van der Waals surface area contributed by atoms with E-state index in [0.717, 1.165) is 0 Å². The maximum absolute atomic E-state index is 9.60. The lowest BCUT2D eigenvalue weighted by Gasteiger charge is -2.25. The van der Waals surface area contributed by atoms with Crippen LogP contribution in [-0.4, -0.2) is 57.9 Å². The Kier molecular flexibility index (Phi) is 10.1. The highest BCUT2D eigenvalue weighted by Crippen LogP contribution is 2.18. The van der Waals surface area contributed by atoms with E-state index in [1.54, 1.807) is 0 Å². The summed E-state index contributed by atoms with van der Waals surface area (Å²) in [7, 11) is 0. The maximum Gasteiger partial charge on any atom is 0.330 e. The first-order valence-electron chi connectivity index (χ1n) is 4.71. The zero-order chi connectivity index (χ0) is 13.2. The van der Waals surface area contributed by atoms with Gasteiger partial charge in [0.05, 0.1) is 19.8 Å². The molecule has 0 aromatic carbocycles. The van der Waals surface area contributed by atoms with Gasteiger partial charge < -0.3 is 25.5 Å². The third kappa shape index (κ3) is 7.36. The van der Waals surface area contributed by atoms with Crippen molar-refractivity contribution in [2.75, 3.05) is 26.4 Å². The molecule has 0 heterocycles. The molecule has 0 unspecified atom stereocenters. The fraction of sp³-hybridized carbons (Fsp3) is 0.700. The number of hydrogen-bond donors (Lipinski definition) is 5. The third-order valence-electron chi connectivity index (χ3n) is 2.01. The van der Waals surface area contributed by atoms with Gasteiger partial charge in [0.25, 0.3) is 0 Å². The summed E-state index contributed by atoms with van der Waals surface area (Å²) in [6, 6.07) is 0. The smallest absolute Gasteiger partial charge is 0.330 e. The minimum Gasteiger partial charge on any atom is -0.478 e. The van der Waals surface area contributed by atoms with E-state index in [1.807, 2.05) is 0 Å². The summed E-state index contributed by atoms with van der Waals surface area (Å²) in [6.45, 7) is 3.55. The Morgan fingerprint density at radius 3 is 1.50 bits per heavy atom. The average Bonchev–Trinajstić information content (AvgIpc) is 2.27. The van der Waals surface area contributed by atoms with Crippen LogP contribution in [0.3, 0.4) is 0 Å². The molecular formula is C10H20O6. The first-order valence-corrected chi connectivity index (χ1v) is 4.71. The van der Waals surface area contributed by atoms with E-state index in [2.05, 4.69) is 6.58 Å². The van der Waals surface area contributed by atoms with Gasteiger partial charge in [0, 0.05) is 17.6 Å². The SMILES string of the molecule is C=C(C)C(=O)O.OCCC(CO)(CO)CO. The Hall–Kier alpha value is -0.950. The van der Waals surface area contributed by atoms with Crippen LogP contribution in [0.1, 0.15) is 13.3 Å². The lowest BCUT2D eigenvalue weighted by atomic mass is 9.88. The van der Waals surface area contributed by atoms with Gasteiger partial charge in [-0.15, -0.1) is 0 Å². The molecule has 0 atom stereocenters. The number of rotatable bonds is 6. The molecule has 0 aromatic heterocycles. The third-order valence-corrected chi connectivity index (χ3v) is 2.01. The van der Waals surface area contributed by atoms with Crippen molar-refractivity contribution >= 4 is 5.97 Å². The Bertz CT molecular complexity index is 189. The van der Waals surface area contributed by atoms with Gasteiger partial charge >= 0.3 is 5.97 Å². The van der Waals surface area contributed by atoms with Crippen molar-refractivity contribution in [3.63, 3.8) is 0 Å². The minimum absolute atomic E-state index is 0.137. The van der Waals surface area contributed by atoms with Gasteiger partial charge in [0.2, 0.25) is 0 Å². The topological polar surface area (TPSA) is 118 Å². The minimum atomic E-state index is -0.935. The molecule has 0 saturated carbocycles. The van der Waals surface area contributed by atoms with Crippen molar-refractivity contribution in [1.82, 2.24) is 0 Å². The normalized spacial score (nSPS) is 10.3. The molecule has 6 heteroatoms. The molecule has 6 nitrogen and oxygen atoms in total. The molecule has 0 aliphatic heterocycles. The Morgan fingerprint density at radius 2 is 1.44 bits per heavy atom. The van der Waals surface area contributed by atoms with E-state index in [4.69, 9.17) is 25.5 Å². The number of carbonyl (C=O) groups is 1. The van der Waals surface area contributed by atoms with Gasteiger partial charge in [-0.05, 0) is 13.3 Å². The number of hydrogen-bond acceptors (Lipinski definition) is 5. The number of carboxylic acids is 1. The van der Waals surface area contributed by atoms with Gasteiger partial charge in [-0.2, -0.15) is 0 Å². The van der Waals surface area contributed by atoms with Crippen molar-refractivity contribution in [2.24, 2.45) is 5.41 Å². The van der Waals surface area contributed by atoms with Crippen molar-refractivity contribution < 1.29 is 30.3 Å². The summed E-state index contributed by atoms with van der Waals surface area (Å²) < 4.78 is 0. The zero-order valence-corrected chi connectivity index (χ0v) is 9.39. The molecule has 0 aliphatic carbocycles. The number of aliphatic hydroxyl groups excluding tert-OH is 4. The number of aliphatic carboxylic acids is 1. The highest BCUT2D eigenvalue weighted by Gasteiger charge is 2.26. The van der Waals surface area contributed by atoms with Crippen molar-refractivity contribution in [3.05, 3.63) is 12.2 Å². The van der Waals surface area contributed by atoms with E-state index >= 15 is 0 Å². The largest absolute Gasteiger partial charge is 0.478 e. The lowest BCUT2D eigenvalue weighted by Crippen LogP contribution is -2.34. The van der Waals surface area contributed by atoms with Gasteiger partial charge in [-0.25, -0.2) is 4.79 Å². The summed E-state index contributed by atoms with van der Waals surface area (Å²) in [5, 5.41) is 42.4. The Balaban J connectivity index is 0. The molecule has 0 fully saturated rings. The molecule has 16 heavy (non-hydrogen) atoms. The van der Waals surface area contributed by atoms with Crippen LogP contribution in [0.5, 0.6) is 0 Å². The predicted octanol–water partition coefficient (Wildman–Crippen LogP) is -1.02. The van der Waals surface area contributed by atoms with Gasteiger partial charge in [-0.1, -0.05) is 6.58 Å². The van der Waals surface area contributed by atoms with Gasteiger partial charge in [0.1, 0.15) is 0 Å². The molecule has 0 rings (SSSR count). The standard InChI is InChI=1S/C6H14O4.C4H6O2/c7-2-1-6(3-8,4-9)5-10;1-3(2)4(5)6/h7-10H,1-5H2;1H2,2H3,(H,5,6). The first-order chi connectivity index (χ1) is 7.39. The van der Waals surface area contributed by atoms with E-state index in [0.29, 0.717) is 0 Å². The second-order valence-electron chi connectivity index (χ2n) is 3.53. The van der Waals surface area contributed by atoms with Crippen LogP contribution in [0.2, 0.25) is 0 Å². The highest BCUT2D eigenvalue weighted by molar-refractivity contribution is 5.84. The van der Waals surface area contributed by atoms with Gasteiger partial charge in [-0.3, -0.25) is 0 Å². The van der Waals surface area contributed by atoms with Crippen LogP contribution < -0.4 is 0 Å². The monoisotopic (exact) mass is 236 g/mol. The van der Waals surface area contributed by atoms with Crippen molar-refractivity contribution in [2.45, 2.75) is 13.3 Å². The predicted molar refractivity (Wildman–Crippen MR) is 57.8 cm³/mol. The summed E-state index contributed by atoms with van der Waals surface area (Å²) in [4.78, 5) is 9.60. The fourth-order valence-corrected chi connectivity index (χ4v) is 0.624. The van der Waals surface area contributed by atoms with Crippen LogP contribution in [-0.2, 0) is 4.79 Å². The highest BCUT2D eigenvalue weighted by atomic mass is 16.4. The fourth-order valence-electron chi connectivity index (χ4n) is 0.624. The first kappa shape index (κ1) is 17.4. The van der Waals surface area contributed by atoms with Crippen LogP contribution in [0.15, 0.2) is 12.2 Å². The van der Waals surface area contributed by atoms with Crippen molar-refractivity contribution in [1.29, 1.82) is 0 Å². The number of carboxylic acid groups (broad SMARTS) is 1. The number of aliphatic hydroxyl groups is 4. The summed E-state index contributed by atoms with van der Waals surface area (Å²) in [5.74, 6) is -0.935. The molecule has 0 amide bonds. The summed E-state index contributed by atoms with van der Waals surface area (Å²) >= 11 is 0. The van der Waals surface area contributed by atoms with Gasteiger partial charge in [0.15, 0.2) is 0 Å².